The predicted molar refractivity (Wildman–Crippen MR) is 102 cm³/mol. The molecule has 1 rings (SSSR count). The standard InChI is InChI=1S/C18H29N3O4S/c1-6-21(13-16(22)20-18(2,3)4)17(23)15-9-7-14(8-10-15)11-12-19-26(5,24)25/h7-10,19H,6,11-13H2,1-5H3,(H,20,22). The summed E-state index contributed by atoms with van der Waals surface area (Å²) in [5, 5.41) is 2.85. The molecule has 0 fully saturated rings. The largest absolute Gasteiger partial charge is 0.350 e. The van der Waals surface area contributed by atoms with Crippen LogP contribution < -0.4 is 10.0 Å². The van der Waals surface area contributed by atoms with Crippen molar-refractivity contribution in [3.05, 3.63) is 35.4 Å². The van der Waals surface area contributed by atoms with Crippen LogP contribution in [0.1, 0.15) is 43.6 Å². The van der Waals surface area contributed by atoms with E-state index >= 15 is 0 Å². The molecular weight excluding hydrogens is 354 g/mol. The van der Waals surface area contributed by atoms with E-state index in [1.54, 1.807) is 24.3 Å². The molecule has 8 heteroatoms. The molecular formula is C18H29N3O4S. The van der Waals surface area contributed by atoms with E-state index < -0.39 is 10.0 Å². The van der Waals surface area contributed by atoms with Gasteiger partial charge in [0.1, 0.15) is 0 Å². The quantitative estimate of drug-likeness (QED) is 0.704. The molecule has 0 saturated heterocycles. The van der Waals surface area contributed by atoms with Gasteiger partial charge in [-0.15, -0.1) is 0 Å². The molecule has 2 amide bonds. The highest BCUT2D eigenvalue weighted by Gasteiger charge is 2.20. The molecule has 146 valence electrons. The zero-order valence-corrected chi connectivity index (χ0v) is 16.9. The van der Waals surface area contributed by atoms with Crippen molar-refractivity contribution < 1.29 is 18.0 Å². The highest BCUT2D eigenvalue weighted by Crippen LogP contribution is 2.09. The molecule has 26 heavy (non-hydrogen) atoms. The topological polar surface area (TPSA) is 95.6 Å². The Morgan fingerprint density at radius 1 is 1.12 bits per heavy atom. The molecule has 1 aromatic rings. The van der Waals surface area contributed by atoms with E-state index in [0.29, 0.717) is 25.1 Å². The van der Waals surface area contributed by atoms with Crippen LogP contribution in [0.2, 0.25) is 0 Å². The lowest BCUT2D eigenvalue weighted by molar-refractivity contribution is -0.123. The third kappa shape index (κ3) is 8.44. The summed E-state index contributed by atoms with van der Waals surface area (Å²) in [5.74, 6) is -0.409. The van der Waals surface area contributed by atoms with Crippen molar-refractivity contribution in [2.24, 2.45) is 0 Å². The first kappa shape index (κ1) is 22.1. The number of sulfonamides is 1. The van der Waals surface area contributed by atoms with E-state index in [-0.39, 0.29) is 23.9 Å². The van der Waals surface area contributed by atoms with Crippen LogP contribution in [0, 0.1) is 0 Å². The molecule has 1 aromatic carbocycles. The van der Waals surface area contributed by atoms with Crippen LogP contribution in [-0.2, 0) is 21.2 Å². The van der Waals surface area contributed by atoms with Crippen molar-refractivity contribution in [1.82, 2.24) is 14.9 Å². The second kappa shape index (κ2) is 9.14. The third-order valence-electron chi connectivity index (χ3n) is 3.50. The monoisotopic (exact) mass is 383 g/mol. The lowest BCUT2D eigenvalue weighted by Gasteiger charge is -2.25. The van der Waals surface area contributed by atoms with Crippen LogP contribution in [0.4, 0.5) is 0 Å². The van der Waals surface area contributed by atoms with E-state index in [9.17, 15) is 18.0 Å². The van der Waals surface area contributed by atoms with Crippen LogP contribution >= 0.6 is 0 Å². The smallest absolute Gasteiger partial charge is 0.254 e. The Morgan fingerprint density at radius 2 is 1.69 bits per heavy atom. The third-order valence-corrected chi connectivity index (χ3v) is 4.23. The van der Waals surface area contributed by atoms with E-state index in [0.717, 1.165) is 11.8 Å². The Balaban J connectivity index is 2.68. The van der Waals surface area contributed by atoms with Crippen LogP contribution in [0.25, 0.3) is 0 Å². The number of hydrogen-bond donors (Lipinski definition) is 2. The SMILES string of the molecule is CCN(CC(=O)NC(C)(C)C)C(=O)c1ccc(CCNS(C)(=O)=O)cc1. The van der Waals surface area contributed by atoms with E-state index in [1.807, 2.05) is 27.7 Å². The molecule has 0 heterocycles. The van der Waals surface area contributed by atoms with Gasteiger partial charge in [0.25, 0.3) is 5.91 Å². The first-order valence-electron chi connectivity index (χ1n) is 8.55. The summed E-state index contributed by atoms with van der Waals surface area (Å²) in [6, 6.07) is 6.98. The number of carbonyl (C=O) groups excluding carboxylic acids is 2. The maximum atomic E-state index is 12.6. The second-order valence-corrected chi connectivity index (χ2v) is 9.06. The summed E-state index contributed by atoms with van der Waals surface area (Å²) in [4.78, 5) is 26.1. The maximum absolute atomic E-state index is 12.6. The second-order valence-electron chi connectivity index (χ2n) is 7.23. The number of benzene rings is 1. The highest BCUT2D eigenvalue weighted by atomic mass is 32.2. The molecule has 0 spiro atoms. The summed E-state index contributed by atoms with van der Waals surface area (Å²) in [7, 11) is -3.20. The molecule has 0 bridgehead atoms. The fourth-order valence-corrected chi connectivity index (χ4v) is 2.81. The highest BCUT2D eigenvalue weighted by molar-refractivity contribution is 7.88. The van der Waals surface area contributed by atoms with Crippen molar-refractivity contribution in [3.63, 3.8) is 0 Å². The summed E-state index contributed by atoms with van der Waals surface area (Å²) in [6.45, 7) is 8.23. The van der Waals surface area contributed by atoms with Crippen molar-refractivity contribution in [2.45, 2.75) is 39.7 Å². The Hall–Kier alpha value is -1.93. The number of nitrogens with one attached hydrogen (secondary N) is 2. The molecule has 0 aliphatic rings. The van der Waals surface area contributed by atoms with Gasteiger partial charge in [0, 0.05) is 24.2 Å². The first-order valence-corrected chi connectivity index (χ1v) is 10.4. The molecule has 2 N–H and O–H groups in total. The number of nitrogens with zero attached hydrogens (tertiary/aromatic N) is 1. The summed E-state index contributed by atoms with van der Waals surface area (Å²) in [5.41, 5.74) is 1.07. The van der Waals surface area contributed by atoms with Gasteiger partial charge in [-0.05, 0) is 51.8 Å². The number of carbonyl (C=O) groups is 2. The Bertz CT molecular complexity index is 722. The van der Waals surface area contributed by atoms with Crippen molar-refractivity contribution in [3.8, 4) is 0 Å². The van der Waals surface area contributed by atoms with Gasteiger partial charge < -0.3 is 10.2 Å². The molecule has 0 radical (unpaired) electrons. The minimum atomic E-state index is -3.20. The number of hydrogen-bond acceptors (Lipinski definition) is 4. The molecule has 0 atom stereocenters. The Kier molecular flexibility index (Phi) is 7.77. The van der Waals surface area contributed by atoms with Crippen molar-refractivity contribution >= 4 is 21.8 Å². The molecule has 7 nitrogen and oxygen atoms in total. The van der Waals surface area contributed by atoms with Crippen molar-refractivity contribution in [1.29, 1.82) is 0 Å². The Morgan fingerprint density at radius 3 is 2.15 bits per heavy atom. The van der Waals surface area contributed by atoms with Crippen LogP contribution in [0.5, 0.6) is 0 Å². The first-order chi connectivity index (χ1) is 11.9. The molecule has 0 saturated carbocycles. The van der Waals surface area contributed by atoms with Crippen LogP contribution in [0.3, 0.4) is 0 Å². The van der Waals surface area contributed by atoms with E-state index in [2.05, 4.69) is 10.0 Å². The van der Waals surface area contributed by atoms with Gasteiger partial charge in [0.2, 0.25) is 15.9 Å². The molecule has 0 aliphatic heterocycles. The average molecular weight is 384 g/mol. The minimum absolute atomic E-state index is 0.00658. The van der Waals surface area contributed by atoms with Crippen LogP contribution in [0.15, 0.2) is 24.3 Å². The van der Waals surface area contributed by atoms with Gasteiger partial charge in [-0.2, -0.15) is 0 Å². The van der Waals surface area contributed by atoms with Gasteiger partial charge in [0.05, 0.1) is 12.8 Å². The zero-order valence-electron chi connectivity index (χ0n) is 16.1. The van der Waals surface area contributed by atoms with Gasteiger partial charge >= 0.3 is 0 Å². The summed E-state index contributed by atoms with van der Waals surface area (Å²) in [6.07, 6.45) is 1.65. The normalized spacial score (nSPS) is 11.9. The van der Waals surface area contributed by atoms with E-state index in [4.69, 9.17) is 0 Å². The van der Waals surface area contributed by atoms with Gasteiger partial charge in [-0.3, -0.25) is 9.59 Å². The lowest BCUT2D eigenvalue weighted by Crippen LogP contribution is -2.47. The number of amides is 2. The summed E-state index contributed by atoms with van der Waals surface area (Å²) < 4.78 is 24.5. The molecule has 0 aromatic heterocycles. The lowest BCUT2D eigenvalue weighted by atomic mass is 10.1. The number of rotatable bonds is 8. The Labute approximate surface area is 156 Å². The predicted octanol–water partition coefficient (Wildman–Crippen LogP) is 1.16. The number of likely N-dealkylation sites (N-methyl/N-ethyl adjacent to an activating group) is 1. The van der Waals surface area contributed by atoms with E-state index in [1.165, 1.54) is 4.90 Å². The van der Waals surface area contributed by atoms with Crippen LogP contribution in [-0.4, -0.2) is 56.6 Å². The van der Waals surface area contributed by atoms with Gasteiger partial charge in [-0.1, -0.05) is 12.1 Å². The van der Waals surface area contributed by atoms with Crippen molar-refractivity contribution in [2.75, 3.05) is 25.9 Å². The molecule has 0 aliphatic carbocycles. The minimum Gasteiger partial charge on any atom is -0.350 e. The fourth-order valence-electron chi connectivity index (χ4n) is 2.34. The summed E-state index contributed by atoms with van der Waals surface area (Å²) >= 11 is 0. The van der Waals surface area contributed by atoms with Gasteiger partial charge in [-0.25, -0.2) is 13.1 Å². The maximum Gasteiger partial charge on any atom is 0.254 e. The average Bonchev–Trinajstić information content (AvgIpc) is 2.49. The fraction of sp³-hybridized carbons (Fsp3) is 0.556. The zero-order chi connectivity index (χ0) is 20.0. The molecule has 0 unspecified atom stereocenters. The van der Waals surface area contributed by atoms with Gasteiger partial charge in [0.15, 0.2) is 0 Å².